The molecule has 4 aromatic carbocycles. The molecule has 0 amide bonds. The Bertz CT molecular complexity index is 1630. The van der Waals surface area contributed by atoms with Gasteiger partial charge in [-0.3, -0.25) is 19.2 Å². The Morgan fingerprint density at radius 2 is 1.54 bits per heavy atom. The van der Waals surface area contributed by atoms with Crippen LogP contribution >= 0.6 is 11.6 Å². The van der Waals surface area contributed by atoms with Gasteiger partial charge in [0.05, 0.1) is 16.5 Å². The smallest absolute Gasteiger partial charge is 0.265 e. The summed E-state index contributed by atoms with van der Waals surface area (Å²) >= 11 is 6.38. The third-order valence-corrected chi connectivity index (χ3v) is 9.13. The highest BCUT2D eigenvalue weighted by Gasteiger charge is 2.53. The van der Waals surface area contributed by atoms with Crippen LogP contribution in [-0.2, 0) is 10.0 Å². The zero-order valence-electron chi connectivity index (χ0n) is 21.0. The van der Waals surface area contributed by atoms with E-state index >= 15 is 0 Å². The van der Waals surface area contributed by atoms with Crippen molar-refractivity contribution in [3.05, 3.63) is 141 Å². The van der Waals surface area contributed by atoms with E-state index in [4.69, 9.17) is 11.6 Å². The zero-order valence-corrected chi connectivity index (χ0v) is 22.5. The summed E-state index contributed by atoms with van der Waals surface area (Å²) in [6.45, 7) is 1.84. The first-order valence-electron chi connectivity index (χ1n) is 12.4. The molecule has 7 nitrogen and oxygen atoms in total. The molecule has 39 heavy (non-hydrogen) atoms. The van der Waals surface area contributed by atoms with E-state index < -0.39 is 32.9 Å². The van der Waals surface area contributed by atoms with Crippen LogP contribution in [0.2, 0.25) is 5.02 Å². The van der Waals surface area contributed by atoms with Gasteiger partial charge in [-0.25, -0.2) is 8.42 Å². The number of ketones is 1. The first-order chi connectivity index (χ1) is 18.7. The highest BCUT2D eigenvalue weighted by molar-refractivity contribution is 7.92. The lowest BCUT2D eigenvalue weighted by Gasteiger charge is -2.42. The van der Waals surface area contributed by atoms with Gasteiger partial charge >= 0.3 is 0 Å². The fourth-order valence-corrected chi connectivity index (χ4v) is 7.07. The SMILES string of the molecule is Cc1ccc(S(=O)(=O)N2c3cc(Cl)ccc3[C@H](CC(=O)c3ccccc3)[C@@H]([N+](=O)[O-])[C@@H]2c2ccccc2)cc1. The van der Waals surface area contributed by atoms with Crippen molar-refractivity contribution in [3.8, 4) is 0 Å². The summed E-state index contributed by atoms with van der Waals surface area (Å²) in [6, 6.07) is 25.4. The maximum atomic E-state index is 14.3. The predicted molar refractivity (Wildman–Crippen MR) is 150 cm³/mol. The Morgan fingerprint density at radius 1 is 0.923 bits per heavy atom. The molecule has 0 N–H and O–H groups in total. The molecule has 0 bridgehead atoms. The Kier molecular flexibility index (Phi) is 7.25. The predicted octanol–water partition coefficient (Wildman–Crippen LogP) is 6.60. The van der Waals surface area contributed by atoms with Crippen molar-refractivity contribution in [2.75, 3.05) is 4.31 Å². The van der Waals surface area contributed by atoms with E-state index in [9.17, 15) is 23.3 Å². The molecule has 5 rings (SSSR count). The number of carbonyl (C=O) groups is 1. The molecule has 0 spiro atoms. The number of nitro groups is 1. The van der Waals surface area contributed by atoms with E-state index in [-0.39, 0.29) is 27.8 Å². The van der Waals surface area contributed by atoms with Gasteiger partial charge in [0.25, 0.3) is 10.0 Å². The number of aryl methyl sites for hydroxylation is 1. The molecule has 0 saturated carbocycles. The van der Waals surface area contributed by atoms with Crippen LogP contribution in [0.3, 0.4) is 0 Å². The molecule has 4 aromatic rings. The van der Waals surface area contributed by atoms with Gasteiger partial charge in [-0.2, -0.15) is 0 Å². The second-order valence-corrected chi connectivity index (χ2v) is 11.8. The van der Waals surface area contributed by atoms with Crippen molar-refractivity contribution in [3.63, 3.8) is 0 Å². The quantitative estimate of drug-likeness (QED) is 0.144. The molecule has 0 fully saturated rings. The first-order valence-corrected chi connectivity index (χ1v) is 14.2. The molecule has 1 aliphatic rings. The standard InChI is InChI=1S/C30H25ClN2O5S/c1-20-12-15-24(16-13-20)39(37,38)32-27-18-23(31)14-17-25(27)26(19-28(34)21-8-4-2-5-9-21)30(33(35)36)29(32)22-10-6-3-7-11-22/h2-18,26,29-30H,19H2,1H3/t26-,29-,30+/m0/s1. The van der Waals surface area contributed by atoms with Crippen LogP contribution < -0.4 is 4.31 Å². The summed E-state index contributed by atoms with van der Waals surface area (Å²) in [5.74, 6) is -1.18. The second-order valence-electron chi connectivity index (χ2n) is 9.55. The first kappa shape index (κ1) is 26.6. The van der Waals surface area contributed by atoms with E-state index in [0.29, 0.717) is 16.7 Å². The van der Waals surface area contributed by atoms with E-state index in [0.717, 1.165) is 9.87 Å². The van der Waals surface area contributed by atoms with Gasteiger partial charge in [0, 0.05) is 21.9 Å². The van der Waals surface area contributed by atoms with E-state index in [1.807, 2.05) is 6.92 Å². The van der Waals surface area contributed by atoms with Crippen molar-refractivity contribution in [2.45, 2.75) is 36.2 Å². The topological polar surface area (TPSA) is 97.6 Å². The van der Waals surface area contributed by atoms with Gasteiger partial charge in [0.2, 0.25) is 6.04 Å². The number of fused-ring (bicyclic) bond motifs is 1. The molecular weight excluding hydrogens is 536 g/mol. The monoisotopic (exact) mass is 560 g/mol. The number of carbonyl (C=O) groups excluding carboxylic acids is 1. The Morgan fingerprint density at radius 3 is 2.15 bits per heavy atom. The lowest BCUT2D eigenvalue weighted by atomic mass is 9.77. The number of rotatable bonds is 7. The molecule has 0 radical (unpaired) electrons. The van der Waals surface area contributed by atoms with Crippen LogP contribution in [-0.4, -0.2) is 25.2 Å². The van der Waals surface area contributed by atoms with Gasteiger partial charge < -0.3 is 0 Å². The third kappa shape index (κ3) is 5.05. The number of benzene rings is 4. The average Bonchev–Trinajstić information content (AvgIpc) is 2.93. The minimum absolute atomic E-state index is 0.000802. The van der Waals surface area contributed by atoms with Gasteiger partial charge in [0.1, 0.15) is 6.04 Å². The van der Waals surface area contributed by atoms with Crippen LogP contribution in [0.25, 0.3) is 0 Å². The molecule has 0 saturated heterocycles. The van der Waals surface area contributed by atoms with Crippen LogP contribution in [0.15, 0.2) is 108 Å². The highest BCUT2D eigenvalue weighted by Crippen LogP contribution is 2.50. The van der Waals surface area contributed by atoms with Gasteiger partial charge in [0.15, 0.2) is 5.78 Å². The van der Waals surface area contributed by atoms with E-state index in [2.05, 4.69) is 0 Å². The number of anilines is 1. The molecule has 1 heterocycles. The van der Waals surface area contributed by atoms with Crippen LogP contribution in [0.5, 0.6) is 0 Å². The second kappa shape index (κ2) is 10.6. The molecule has 198 valence electrons. The fraction of sp³-hybridized carbons (Fsp3) is 0.167. The lowest BCUT2D eigenvalue weighted by molar-refractivity contribution is -0.531. The molecule has 9 heteroatoms. The molecule has 1 aliphatic heterocycles. The molecule has 3 atom stereocenters. The number of Topliss-reactive ketones (excluding diaryl/α,β-unsaturated/α-hetero) is 1. The fourth-order valence-electron chi connectivity index (χ4n) is 5.23. The van der Waals surface area contributed by atoms with Gasteiger partial charge in [-0.1, -0.05) is 96.0 Å². The number of halogens is 1. The van der Waals surface area contributed by atoms with Gasteiger partial charge in [-0.05, 0) is 42.3 Å². The van der Waals surface area contributed by atoms with E-state index in [1.165, 1.54) is 18.2 Å². The minimum Gasteiger partial charge on any atom is -0.294 e. The highest BCUT2D eigenvalue weighted by atomic mass is 35.5. The summed E-state index contributed by atoms with van der Waals surface area (Å²) in [6.07, 6.45) is -0.175. The summed E-state index contributed by atoms with van der Waals surface area (Å²) in [5, 5.41) is 13.1. The number of nitrogens with zero attached hydrogens (tertiary/aromatic N) is 2. The third-order valence-electron chi connectivity index (χ3n) is 7.08. The maximum Gasteiger partial charge on any atom is 0.265 e. The van der Waals surface area contributed by atoms with Crippen molar-refractivity contribution in [1.82, 2.24) is 0 Å². The maximum absolute atomic E-state index is 14.3. The van der Waals surface area contributed by atoms with Gasteiger partial charge in [-0.15, -0.1) is 0 Å². The van der Waals surface area contributed by atoms with Crippen LogP contribution in [0, 0.1) is 17.0 Å². The lowest BCUT2D eigenvalue weighted by Crippen LogP contribution is -2.50. The van der Waals surface area contributed by atoms with E-state index in [1.54, 1.807) is 84.9 Å². The molecule has 0 aliphatic carbocycles. The molecule has 0 unspecified atom stereocenters. The molecular formula is C30H25ClN2O5S. The Labute approximate surface area is 231 Å². The summed E-state index contributed by atoms with van der Waals surface area (Å²) < 4.78 is 29.7. The molecule has 0 aromatic heterocycles. The largest absolute Gasteiger partial charge is 0.294 e. The van der Waals surface area contributed by atoms with Crippen molar-refractivity contribution in [1.29, 1.82) is 0 Å². The van der Waals surface area contributed by atoms with Crippen molar-refractivity contribution >= 4 is 33.1 Å². The van der Waals surface area contributed by atoms with Crippen molar-refractivity contribution in [2.24, 2.45) is 0 Å². The number of hydrogen-bond acceptors (Lipinski definition) is 5. The summed E-state index contributed by atoms with van der Waals surface area (Å²) in [5.41, 5.74) is 2.35. The van der Waals surface area contributed by atoms with Crippen LogP contribution in [0.1, 0.15) is 45.4 Å². The number of sulfonamides is 1. The summed E-state index contributed by atoms with van der Waals surface area (Å²) in [4.78, 5) is 25.7. The average molecular weight is 561 g/mol. The Hall–Kier alpha value is -4.01. The zero-order chi connectivity index (χ0) is 27.7. The summed E-state index contributed by atoms with van der Waals surface area (Å²) in [7, 11) is -4.29. The Balaban J connectivity index is 1.76. The minimum atomic E-state index is -4.29. The van der Waals surface area contributed by atoms with Crippen LogP contribution in [0.4, 0.5) is 5.69 Å². The number of hydrogen-bond donors (Lipinski definition) is 0. The van der Waals surface area contributed by atoms with Crippen molar-refractivity contribution < 1.29 is 18.1 Å². The normalized spacial score (nSPS) is 18.8.